The first-order chi connectivity index (χ1) is 13.0. The molecule has 1 aromatic rings. The van der Waals surface area contributed by atoms with E-state index in [1.165, 1.54) is 12.1 Å². The minimum Gasteiger partial charge on any atom is -0.445 e. The molecule has 1 saturated heterocycles. The van der Waals surface area contributed by atoms with Crippen molar-refractivity contribution in [2.24, 2.45) is 5.73 Å². The van der Waals surface area contributed by atoms with Crippen LogP contribution in [0, 0.1) is 10.1 Å². The predicted octanol–water partition coefficient (Wildman–Crippen LogP) is 1.85. The Balaban J connectivity index is 1.57. The third-order valence-corrected chi connectivity index (χ3v) is 5.05. The van der Waals surface area contributed by atoms with E-state index < -0.39 is 17.1 Å². The van der Waals surface area contributed by atoms with Crippen LogP contribution in [0.5, 0.6) is 0 Å². The van der Waals surface area contributed by atoms with Crippen molar-refractivity contribution in [3.8, 4) is 0 Å². The molecule has 0 saturated carbocycles. The molecule has 3 N–H and O–H groups in total. The Morgan fingerprint density at radius 2 is 2.22 bits per heavy atom. The van der Waals surface area contributed by atoms with E-state index in [4.69, 9.17) is 10.5 Å². The smallest absolute Gasteiger partial charge is 0.407 e. The first-order valence-electron chi connectivity index (χ1n) is 8.73. The molecule has 9 nitrogen and oxygen atoms in total. The predicted molar refractivity (Wildman–Crippen MR) is 102 cm³/mol. The number of carbonyl (C=O) groups is 2. The number of nitrogens with zero attached hydrogens (tertiary/aromatic N) is 2. The average Bonchev–Trinajstić information content (AvgIpc) is 3.20. The van der Waals surface area contributed by atoms with Crippen molar-refractivity contribution in [3.63, 3.8) is 0 Å². The van der Waals surface area contributed by atoms with Gasteiger partial charge in [0.2, 0.25) is 5.91 Å². The Labute approximate surface area is 161 Å². The number of rotatable bonds is 9. The topological polar surface area (TPSA) is 128 Å². The van der Waals surface area contributed by atoms with Crippen LogP contribution in [0.1, 0.15) is 24.8 Å². The van der Waals surface area contributed by atoms with Crippen LogP contribution in [-0.2, 0) is 16.1 Å². The number of unbranched alkanes of at least 4 members (excludes halogenated alkanes) is 1. The van der Waals surface area contributed by atoms with E-state index in [9.17, 15) is 19.7 Å². The third-order valence-electron chi connectivity index (χ3n) is 4.08. The second-order valence-corrected chi connectivity index (χ2v) is 7.25. The number of amides is 2. The van der Waals surface area contributed by atoms with Gasteiger partial charge in [-0.25, -0.2) is 4.79 Å². The number of hydrogen-bond acceptors (Lipinski definition) is 7. The zero-order valence-corrected chi connectivity index (χ0v) is 15.8. The Kier molecular flexibility index (Phi) is 8.34. The monoisotopic (exact) mass is 396 g/mol. The number of benzene rings is 1. The molecule has 0 bridgehead atoms. The molecule has 1 aliphatic heterocycles. The summed E-state index contributed by atoms with van der Waals surface area (Å²) in [5.74, 6) is 1.66. The van der Waals surface area contributed by atoms with Crippen molar-refractivity contribution < 1.29 is 19.2 Å². The van der Waals surface area contributed by atoms with Crippen LogP contribution in [0.3, 0.4) is 0 Å². The van der Waals surface area contributed by atoms with Gasteiger partial charge in [-0.3, -0.25) is 14.9 Å². The first-order valence-corrected chi connectivity index (χ1v) is 9.89. The molecule has 0 spiro atoms. The molecule has 10 heteroatoms. The van der Waals surface area contributed by atoms with Gasteiger partial charge in [-0.2, -0.15) is 0 Å². The molecular formula is C17H24N4O5S. The van der Waals surface area contributed by atoms with Gasteiger partial charge >= 0.3 is 6.09 Å². The highest BCUT2D eigenvalue weighted by Crippen LogP contribution is 2.15. The van der Waals surface area contributed by atoms with E-state index in [0.717, 1.165) is 18.7 Å². The van der Waals surface area contributed by atoms with E-state index in [1.54, 1.807) is 28.8 Å². The number of alkyl carbamates (subject to hydrolysis) is 1. The zero-order valence-electron chi connectivity index (χ0n) is 15.0. The number of nitro benzene ring substituents is 1. The molecule has 2 amide bonds. The summed E-state index contributed by atoms with van der Waals surface area (Å²) in [5, 5.41) is 13.3. The molecule has 1 aromatic carbocycles. The van der Waals surface area contributed by atoms with Crippen LogP contribution >= 0.6 is 11.8 Å². The van der Waals surface area contributed by atoms with E-state index >= 15 is 0 Å². The van der Waals surface area contributed by atoms with Gasteiger partial charge in [-0.1, -0.05) is 12.1 Å². The summed E-state index contributed by atoms with van der Waals surface area (Å²) in [6, 6.07) is 5.44. The highest BCUT2D eigenvalue weighted by molar-refractivity contribution is 7.99. The van der Waals surface area contributed by atoms with Gasteiger partial charge in [0.1, 0.15) is 6.61 Å². The van der Waals surface area contributed by atoms with Gasteiger partial charge in [0.05, 0.1) is 16.8 Å². The number of non-ortho nitro benzene ring substituents is 1. The second-order valence-electron chi connectivity index (χ2n) is 6.17. The standard InChI is InChI=1S/C17H24N4O5S/c18-15(16(22)20-8-9-27-12-20)6-1-2-7-19-17(23)26-11-13-4-3-5-14(10-13)21(24)25/h3-5,10,15H,1-2,6-9,11-12,18H2,(H,19,23). The number of nitro groups is 1. The number of thioether (sulfide) groups is 1. The van der Waals surface area contributed by atoms with Crippen molar-refractivity contribution in [2.45, 2.75) is 31.9 Å². The molecule has 0 radical (unpaired) electrons. The third kappa shape index (κ3) is 7.06. The van der Waals surface area contributed by atoms with Crippen LogP contribution < -0.4 is 11.1 Å². The SMILES string of the molecule is NC(CCCCNC(=O)OCc1cccc([N+](=O)[O-])c1)C(=O)N1CCSC1. The minimum absolute atomic E-state index is 0.00989. The van der Waals surface area contributed by atoms with Crippen LogP contribution in [0.15, 0.2) is 24.3 Å². The highest BCUT2D eigenvalue weighted by atomic mass is 32.2. The fraction of sp³-hybridized carbons (Fsp3) is 0.529. The van der Waals surface area contributed by atoms with Crippen LogP contribution in [-0.4, -0.2) is 52.6 Å². The van der Waals surface area contributed by atoms with Gasteiger partial charge < -0.3 is 20.7 Å². The van der Waals surface area contributed by atoms with Gasteiger partial charge in [-0.05, 0) is 24.8 Å². The Morgan fingerprint density at radius 3 is 2.93 bits per heavy atom. The quantitative estimate of drug-likeness (QED) is 0.370. The van der Waals surface area contributed by atoms with Crippen molar-refractivity contribution in [2.75, 3.05) is 24.7 Å². The fourth-order valence-corrected chi connectivity index (χ4v) is 3.54. The lowest BCUT2D eigenvalue weighted by Gasteiger charge is -2.19. The number of nitrogens with two attached hydrogens (primary N) is 1. The van der Waals surface area contributed by atoms with Gasteiger partial charge in [0, 0.05) is 31.0 Å². The summed E-state index contributed by atoms with van der Waals surface area (Å²) in [6.45, 7) is 1.13. The molecule has 27 heavy (non-hydrogen) atoms. The maximum atomic E-state index is 12.1. The minimum atomic E-state index is -0.587. The summed E-state index contributed by atoms with van der Waals surface area (Å²) in [4.78, 5) is 35.7. The van der Waals surface area contributed by atoms with E-state index in [2.05, 4.69) is 5.32 Å². The molecule has 2 rings (SSSR count). The summed E-state index contributed by atoms with van der Waals surface area (Å²) >= 11 is 1.72. The van der Waals surface area contributed by atoms with Crippen LogP contribution in [0.2, 0.25) is 0 Å². The summed E-state index contributed by atoms with van der Waals surface area (Å²) in [6.07, 6.45) is 1.39. The zero-order chi connectivity index (χ0) is 19.6. The summed E-state index contributed by atoms with van der Waals surface area (Å²) in [5.41, 5.74) is 6.42. The molecule has 1 atom stereocenters. The summed E-state index contributed by atoms with van der Waals surface area (Å²) in [7, 11) is 0. The maximum absolute atomic E-state index is 12.1. The van der Waals surface area contributed by atoms with Crippen molar-refractivity contribution in [1.29, 1.82) is 0 Å². The lowest BCUT2D eigenvalue weighted by molar-refractivity contribution is -0.384. The lowest BCUT2D eigenvalue weighted by atomic mass is 10.1. The number of hydrogen-bond donors (Lipinski definition) is 2. The molecule has 1 fully saturated rings. The second kappa shape index (κ2) is 10.7. The Hall–Kier alpha value is -2.33. The highest BCUT2D eigenvalue weighted by Gasteiger charge is 2.23. The normalized spacial score (nSPS) is 14.6. The largest absolute Gasteiger partial charge is 0.445 e. The van der Waals surface area contributed by atoms with E-state index in [1.807, 2.05) is 0 Å². The Morgan fingerprint density at radius 1 is 1.41 bits per heavy atom. The molecule has 1 unspecified atom stereocenters. The molecule has 148 valence electrons. The number of ether oxygens (including phenoxy) is 1. The molecule has 0 aliphatic carbocycles. The maximum Gasteiger partial charge on any atom is 0.407 e. The molecule has 1 aliphatic rings. The van der Waals surface area contributed by atoms with E-state index in [0.29, 0.717) is 30.8 Å². The van der Waals surface area contributed by atoms with Gasteiger partial charge in [-0.15, -0.1) is 11.8 Å². The first kappa shape index (κ1) is 21.0. The average molecular weight is 396 g/mol. The van der Waals surface area contributed by atoms with Crippen molar-refractivity contribution >= 4 is 29.4 Å². The molecular weight excluding hydrogens is 372 g/mol. The van der Waals surface area contributed by atoms with E-state index in [-0.39, 0.29) is 18.2 Å². The van der Waals surface area contributed by atoms with Crippen molar-refractivity contribution in [1.82, 2.24) is 10.2 Å². The summed E-state index contributed by atoms with van der Waals surface area (Å²) < 4.78 is 5.04. The lowest BCUT2D eigenvalue weighted by Crippen LogP contribution is -2.42. The van der Waals surface area contributed by atoms with Crippen LogP contribution in [0.25, 0.3) is 0 Å². The van der Waals surface area contributed by atoms with Gasteiger partial charge in [0.25, 0.3) is 5.69 Å². The molecule has 1 heterocycles. The molecule has 0 aromatic heterocycles. The van der Waals surface area contributed by atoms with Crippen LogP contribution in [0.4, 0.5) is 10.5 Å². The number of nitrogens with one attached hydrogen (secondary N) is 1. The van der Waals surface area contributed by atoms with Gasteiger partial charge in [0.15, 0.2) is 0 Å². The fourth-order valence-electron chi connectivity index (χ4n) is 2.59. The van der Waals surface area contributed by atoms with Crippen molar-refractivity contribution in [3.05, 3.63) is 39.9 Å². The number of carbonyl (C=O) groups excluding carboxylic acids is 2. The Bertz CT molecular complexity index is 666.